The molecule has 71 heavy (non-hydrogen) atoms. The van der Waals surface area contributed by atoms with Gasteiger partial charge in [0.25, 0.3) is 5.60 Å². The Hall–Kier alpha value is -5.28. The number of esters is 1. The van der Waals surface area contributed by atoms with E-state index in [4.69, 9.17) is 15.2 Å². The summed E-state index contributed by atoms with van der Waals surface area (Å²) < 4.78 is 13.1. The van der Waals surface area contributed by atoms with E-state index in [0.717, 1.165) is 112 Å². The van der Waals surface area contributed by atoms with E-state index in [1.165, 1.54) is 16.7 Å². The molecule has 1 unspecified atom stereocenters. The molecule has 3 aliphatic carbocycles. The summed E-state index contributed by atoms with van der Waals surface area (Å²) in [5.74, 6) is 1.05. The number of carbonyl (C=O) groups is 3. The average Bonchev–Trinajstić information content (AvgIpc) is 4.13. The van der Waals surface area contributed by atoms with Crippen LogP contribution >= 0.6 is 0 Å². The van der Waals surface area contributed by atoms with Crippen molar-refractivity contribution in [3.8, 4) is 0 Å². The summed E-state index contributed by atoms with van der Waals surface area (Å²) in [6, 6.07) is 5.61. The number of rotatable bonds is 10. The third kappa shape index (κ3) is 9.16. The van der Waals surface area contributed by atoms with Gasteiger partial charge in [0.05, 0.1) is 24.5 Å². The van der Waals surface area contributed by atoms with E-state index in [-0.39, 0.29) is 48.5 Å². The largest absolute Gasteiger partial charge is 0.463 e. The van der Waals surface area contributed by atoms with Crippen molar-refractivity contribution in [2.75, 3.05) is 40.3 Å². The van der Waals surface area contributed by atoms with Crippen molar-refractivity contribution in [1.82, 2.24) is 37.2 Å². The molecule has 6 heterocycles. The molecule has 0 amide bonds. The van der Waals surface area contributed by atoms with E-state index >= 15 is 14.4 Å². The molecule has 0 aromatic heterocycles. The molecule has 6 aliphatic heterocycles. The predicted octanol–water partition coefficient (Wildman–Crippen LogP) is 6.17. The summed E-state index contributed by atoms with van der Waals surface area (Å²) in [6.07, 6.45) is 28.9. The van der Waals surface area contributed by atoms with Gasteiger partial charge in [-0.1, -0.05) is 86.9 Å². The van der Waals surface area contributed by atoms with Gasteiger partial charge in [0, 0.05) is 55.8 Å². The van der Waals surface area contributed by atoms with Crippen molar-refractivity contribution < 1.29 is 23.9 Å². The van der Waals surface area contributed by atoms with Crippen molar-refractivity contribution in [2.45, 2.75) is 146 Å². The maximum Gasteiger partial charge on any atom is 0.350 e. The van der Waals surface area contributed by atoms with Crippen molar-refractivity contribution in [1.29, 1.82) is 0 Å². The zero-order valence-corrected chi connectivity index (χ0v) is 42.6. The quantitative estimate of drug-likeness (QED) is 0.0575. The topological polar surface area (TPSA) is 196 Å². The zero-order valence-electron chi connectivity index (χ0n) is 42.6. The minimum Gasteiger partial charge on any atom is -0.463 e. The normalized spacial score (nSPS) is 36.4. The molecule has 2 fully saturated rings. The molecule has 1 spiro atoms. The SMILES string of the molecule is CCN[C@H]1C=C2C=CC[C@@H]3CCCC[C@](C)(CC4=CNC(N)C=C4)Cc4cccc5c4C(=O)[C@]4(O[C@@]4(C/C=C(\C)C[C@]4(C6=CCNC7=C6CC[C@@H](NC)N7)CCCNC(=NC)N4)C5=O)C(=O)OC[C@@H]1C[C@H]23. The fourth-order valence-electron chi connectivity index (χ4n) is 13.8. The molecule has 9 aliphatic rings. The number of benzene rings is 1. The van der Waals surface area contributed by atoms with Gasteiger partial charge in [-0.3, -0.25) is 14.6 Å². The number of fused-ring (bicyclic) bond motifs is 1. The number of aliphatic imine (C=N–C) groups is 1. The lowest BCUT2D eigenvalue weighted by molar-refractivity contribution is -0.150. The number of Topliss-reactive ketones (excluding diaryl/α,β-unsaturated/α-hetero) is 2. The van der Waals surface area contributed by atoms with Gasteiger partial charge in [-0.05, 0) is 142 Å². The Morgan fingerprint density at radius 3 is 2.73 bits per heavy atom. The smallest absolute Gasteiger partial charge is 0.350 e. The Morgan fingerprint density at radius 2 is 1.93 bits per heavy atom. The van der Waals surface area contributed by atoms with Crippen LogP contribution in [-0.2, 0) is 20.7 Å². The number of carbonyl (C=O) groups excluding carboxylic acids is 3. The maximum absolute atomic E-state index is 15.7. The summed E-state index contributed by atoms with van der Waals surface area (Å²) in [6.45, 7) is 8.84. The predicted molar refractivity (Wildman–Crippen MR) is 278 cm³/mol. The number of likely N-dealkylation sites (N-methyl/N-ethyl adjacent to an activating group) is 1. The highest BCUT2D eigenvalue weighted by Crippen LogP contribution is 2.60. The van der Waals surface area contributed by atoms with Gasteiger partial charge in [0.15, 0.2) is 17.3 Å². The van der Waals surface area contributed by atoms with E-state index in [9.17, 15) is 0 Å². The van der Waals surface area contributed by atoms with Crippen LogP contribution in [0.15, 0.2) is 106 Å². The van der Waals surface area contributed by atoms with Crippen molar-refractivity contribution in [3.63, 3.8) is 0 Å². The van der Waals surface area contributed by atoms with E-state index in [2.05, 4.69) is 93.4 Å². The molecule has 0 radical (unpaired) electrons. The molecule has 1 aromatic rings. The highest BCUT2D eigenvalue weighted by atomic mass is 16.7. The average molecular weight is 968 g/mol. The van der Waals surface area contributed by atoms with E-state index < -0.39 is 28.5 Å². The monoisotopic (exact) mass is 968 g/mol. The van der Waals surface area contributed by atoms with Gasteiger partial charge in [0.2, 0.25) is 5.78 Å². The molecule has 380 valence electrons. The summed E-state index contributed by atoms with van der Waals surface area (Å²) in [5.41, 5.74) is 8.90. The Kier molecular flexibility index (Phi) is 13.9. The summed E-state index contributed by atoms with van der Waals surface area (Å²) in [5, 5.41) is 24.9. The molecule has 10 atom stereocenters. The molecule has 1 aromatic carbocycles. The Bertz CT molecular complexity index is 2560. The summed E-state index contributed by atoms with van der Waals surface area (Å²) in [7, 11) is 3.78. The lowest BCUT2D eigenvalue weighted by Crippen LogP contribution is -2.55. The molecule has 14 heteroatoms. The highest BCUT2D eigenvalue weighted by Gasteiger charge is 2.85. The van der Waals surface area contributed by atoms with Gasteiger partial charge in [-0.25, -0.2) is 4.79 Å². The minimum absolute atomic E-state index is 0.00387. The van der Waals surface area contributed by atoms with Crippen LogP contribution in [0.3, 0.4) is 0 Å². The van der Waals surface area contributed by atoms with Gasteiger partial charge in [-0.15, -0.1) is 0 Å². The molecule has 2 saturated heterocycles. The van der Waals surface area contributed by atoms with Crippen molar-refractivity contribution >= 4 is 23.5 Å². The molecular weight excluding hydrogens is 891 g/mol. The van der Waals surface area contributed by atoms with Gasteiger partial charge >= 0.3 is 5.97 Å². The fraction of sp³-hybridized carbons (Fsp3) is 0.579. The molecule has 10 rings (SSSR count). The van der Waals surface area contributed by atoms with Crippen LogP contribution in [0.2, 0.25) is 0 Å². The first kappa shape index (κ1) is 49.3. The third-order valence-electron chi connectivity index (χ3n) is 17.4. The molecule has 14 nitrogen and oxygen atoms in total. The number of hydrogen-bond donors (Lipinski definition) is 8. The number of nitrogens with zero attached hydrogens (tertiary/aromatic N) is 1. The Morgan fingerprint density at radius 1 is 1.06 bits per heavy atom. The minimum atomic E-state index is -2.11. The van der Waals surface area contributed by atoms with E-state index in [0.29, 0.717) is 42.3 Å². The third-order valence-corrected chi connectivity index (χ3v) is 17.4. The van der Waals surface area contributed by atoms with Crippen LogP contribution in [0.5, 0.6) is 0 Å². The van der Waals surface area contributed by atoms with Crippen LogP contribution < -0.4 is 43.0 Å². The van der Waals surface area contributed by atoms with Crippen LogP contribution in [0.4, 0.5) is 0 Å². The number of cyclic esters (lactones) is 1. The summed E-state index contributed by atoms with van der Waals surface area (Å²) >= 11 is 0. The second kappa shape index (κ2) is 20.0. The number of dihydropyridines is 2. The molecule has 9 N–H and O–H groups in total. The first-order valence-corrected chi connectivity index (χ1v) is 26.7. The number of nitrogens with two attached hydrogens (primary N) is 1. The number of hydrogen-bond acceptors (Lipinski definition) is 12. The lowest BCUT2D eigenvalue weighted by Gasteiger charge is -2.43. The van der Waals surface area contributed by atoms with Crippen LogP contribution in [0, 0.1) is 23.2 Å². The summed E-state index contributed by atoms with van der Waals surface area (Å²) in [4.78, 5) is 51.0. The second-order valence-corrected chi connectivity index (χ2v) is 22.3. The number of ketones is 2. The standard InChI is InChI=1S/C57H77N9O5/c1-6-61-45-29-38-14-9-13-37-12-7-8-23-54(3,31-36-17-19-46(58)64-33-36)32-39-15-10-16-42-48(39)50(68)57(52(69)70-34-40(45)28-43(37)38)56(71-57,49(42)67)25-21-35(2)30-55(24-11-26-63-53(60-5)66-55)44-22-27-62-51-41(44)18-20-47(59-4)65-51/h9-10,14-17,19,21-22,29,33,37,40,43,45-47,59,61-62,64-65H,6-8,11-13,18,20,23-28,30-32,34,58H2,1-5H3,(H2,60,63,66)/b35-21+/t37-,40-,43-,45-,46?,47-,54+,55-,56-,57-/m0/s1. The Balaban J connectivity index is 1.02. The van der Waals surface area contributed by atoms with Crippen LogP contribution in [0.1, 0.15) is 131 Å². The van der Waals surface area contributed by atoms with Gasteiger partial charge < -0.3 is 52.4 Å². The lowest BCUT2D eigenvalue weighted by atomic mass is 9.67. The van der Waals surface area contributed by atoms with Crippen LogP contribution in [-0.4, -0.2) is 98.9 Å². The molecule has 0 saturated carbocycles. The maximum atomic E-state index is 15.7. The number of epoxide rings is 1. The van der Waals surface area contributed by atoms with Crippen molar-refractivity contribution in [2.24, 2.45) is 33.9 Å². The molecular formula is C57H77N9O5. The van der Waals surface area contributed by atoms with Gasteiger partial charge in [-0.2, -0.15) is 0 Å². The number of ether oxygens (including phenoxy) is 2. The number of guanidine groups is 1. The number of allylic oxidation sites excluding steroid dienone is 5. The zero-order chi connectivity index (χ0) is 49.5. The Labute approximate surface area is 420 Å². The second-order valence-electron chi connectivity index (χ2n) is 22.3. The van der Waals surface area contributed by atoms with Crippen LogP contribution in [0.25, 0.3) is 0 Å². The van der Waals surface area contributed by atoms with E-state index in [1.807, 2.05) is 37.5 Å². The fourth-order valence-corrected chi connectivity index (χ4v) is 13.8. The highest BCUT2D eigenvalue weighted by molar-refractivity contribution is 6.33. The number of nitrogens with one attached hydrogen (secondary N) is 7. The van der Waals surface area contributed by atoms with Gasteiger partial charge in [0.1, 0.15) is 5.82 Å². The first-order chi connectivity index (χ1) is 34.3. The van der Waals surface area contributed by atoms with Crippen molar-refractivity contribution in [3.05, 3.63) is 117 Å². The molecule has 4 bridgehead atoms. The first-order valence-electron chi connectivity index (χ1n) is 26.7. The van der Waals surface area contributed by atoms with E-state index in [1.54, 1.807) is 13.1 Å².